The second kappa shape index (κ2) is 4.62. The molecule has 10 heavy (non-hydrogen) atoms. The lowest BCUT2D eigenvalue weighted by Gasteiger charge is -2.00. The van der Waals surface area contributed by atoms with Crippen LogP contribution in [-0.2, 0) is 4.52 Å². The van der Waals surface area contributed by atoms with Crippen LogP contribution in [0, 0.1) is 12.3 Å². The van der Waals surface area contributed by atoms with Crippen LogP contribution in [0.15, 0.2) is 0 Å². The Labute approximate surface area is 60.1 Å². The molecular formula is C5H10O4P+. The molecule has 0 spiro atoms. The molecule has 0 aromatic heterocycles. The Morgan fingerprint density at radius 1 is 1.40 bits per heavy atom. The van der Waals surface area contributed by atoms with E-state index in [-0.39, 0.29) is 6.61 Å². The second-order valence-electron chi connectivity index (χ2n) is 1.65. The number of hydrogen-bond donors (Lipinski definition) is 3. The van der Waals surface area contributed by atoms with Crippen molar-refractivity contribution in [1.29, 1.82) is 0 Å². The van der Waals surface area contributed by atoms with Crippen molar-refractivity contribution in [3.8, 4) is 12.3 Å². The normalized spacial score (nSPS) is 11.0. The third kappa shape index (κ3) is 7.83. The molecular weight excluding hydrogens is 155 g/mol. The molecule has 0 saturated carbocycles. The summed E-state index contributed by atoms with van der Waals surface area (Å²) in [6, 6.07) is 0. The third-order valence-electron chi connectivity index (χ3n) is 0.730. The summed E-state index contributed by atoms with van der Waals surface area (Å²) < 4.78 is 4.21. The molecule has 5 heteroatoms. The first-order valence-electron chi connectivity index (χ1n) is 2.71. The van der Waals surface area contributed by atoms with Crippen molar-refractivity contribution in [2.75, 3.05) is 6.61 Å². The Balaban J connectivity index is 3.14. The Morgan fingerprint density at radius 2 is 2.00 bits per heavy atom. The van der Waals surface area contributed by atoms with Gasteiger partial charge in [-0.3, -0.25) is 0 Å². The van der Waals surface area contributed by atoms with Crippen molar-refractivity contribution in [3.05, 3.63) is 0 Å². The minimum Gasteiger partial charge on any atom is -0.168 e. The summed E-state index contributed by atoms with van der Waals surface area (Å²) in [5.74, 6) is 2.34. The molecule has 0 aromatic rings. The fourth-order valence-corrected chi connectivity index (χ4v) is 0.735. The Hall–Kier alpha value is -0.170. The first-order valence-corrected chi connectivity index (χ1v) is 4.28. The van der Waals surface area contributed by atoms with Gasteiger partial charge in [0.05, 0.1) is 0 Å². The van der Waals surface area contributed by atoms with Crippen LogP contribution in [-0.4, -0.2) is 21.3 Å². The van der Waals surface area contributed by atoms with Crippen molar-refractivity contribution in [1.82, 2.24) is 0 Å². The lowest BCUT2D eigenvalue weighted by molar-refractivity contribution is 0.159. The molecule has 3 N–H and O–H groups in total. The highest BCUT2D eigenvalue weighted by molar-refractivity contribution is 7.53. The second-order valence-corrected chi connectivity index (χ2v) is 2.94. The molecule has 0 aliphatic heterocycles. The zero-order valence-electron chi connectivity index (χ0n) is 5.40. The standard InChI is InChI=1S/C5H10O4P/c1-2-3-4-5-9-10(6,7)8/h1,6-8H,3-5H2/q+1. The van der Waals surface area contributed by atoms with E-state index >= 15 is 0 Å². The van der Waals surface area contributed by atoms with Crippen molar-refractivity contribution >= 4 is 8.17 Å². The average molecular weight is 165 g/mol. The summed E-state index contributed by atoms with van der Waals surface area (Å²) in [6.07, 6.45) is 5.91. The molecule has 0 radical (unpaired) electrons. The fourth-order valence-electron chi connectivity index (χ4n) is 0.361. The van der Waals surface area contributed by atoms with Gasteiger partial charge in [0.1, 0.15) is 6.61 Å². The van der Waals surface area contributed by atoms with Gasteiger partial charge in [-0.25, -0.2) is 0 Å². The average Bonchev–Trinajstić information content (AvgIpc) is 1.78. The van der Waals surface area contributed by atoms with Crippen LogP contribution in [0.4, 0.5) is 0 Å². The monoisotopic (exact) mass is 165 g/mol. The maximum atomic E-state index is 8.27. The van der Waals surface area contributed by atoms with E-state index in [0.29, 0.717) is 12.8 Å². The molecule has 4 nitrogen and oxygen atoms in total. The summed E-state index contributed by atoms with van der Waals surface area (Å²) in [6.45, 7) is 0.0709. The Kier molecular flexibility index (Phi) is 4.54. The van der Waals surface area contributed by atoms with Crippen LogP contribution in [0.5, 0.6) is 0 Å². The van der Waals surface area contributed by atoms with E-state index in [1.54, 1.807) is 0 Å². The minimum absolute atomic E-state index is 0.0709. The zero-order valence-corrected chi connectivity index (χ0v) is 6.29. The van der Waals surface area contributed by atoms with Crippen LogP contribution in [0.1, 0.15) is 12.8 Å². The van der Waals surface area contributed by atoms with E-state index in [1.165, 1.54) is 0 Å². The number of hydrogen-bond acceptors (Lipinski definition) is 4. The van der Waals surface area contributed by atoms with Crippen LogP contribution < -0.4 is 0 Å². The van der Waals surface area contributed by atoms with Crippen molar-refractivity contribution < 1.29 is 19.2 Å². The van der Waals surface area contributed by atoms with Crippen molar-refractivity contribution in [2.24, 2.45) is 0 Å². The number of terminal acetylenes is 1. The summed E-state index contributed by atoms with van der Waals surface area (Å²) in [5.41, 5.74) is 0. The summed E-state index contributed by atoms with van der Waals surface area (Å²) >= 11 is 0. The summed E-state index contributed by atoms with van der Waals surface area (Å²) in [5, 5.41) is 0. The molecule has 58 valence electrons. The Bertz CT molecular complexity index is 123. The van der Waals surface area contributed by atoms with Gasteiger partial charge in [-0.1, -0.05) is 0 Å². The van der Waals surface area contributed by atoms with Gasteiger partial charge in [-0.15, -0.1) is 12.3 Å². The SMILES string of the molecule is C#CCCCO[P+](O)(O)O. The molecule has 0 saturated heterocycles. The highest BCUT2D eigenvalue weighted by atomic mass is 31.2. The topological polar surface area (TPSA) is 69.9 Å². The van der Waals surface area contributed by atoms with E-state index in [4.69, 9.17) is 21.1 Å². The zero-order chi connectivity index (χ0) is 8.04. The first kappa shape index (κ1) is 9.83. The molecule has 0 aliphatic carbocycles. The summed E-state index contributed by atoms with van der Waals surface area (Å²) in [7, 11) is -4.02. The highest BCUT2D eigenvalue weighted by Crippen LogP contribution is 2.45. The largest absolute Gasteiger partial charge is 0.567 e. The van der Waals surface area contributed by atoms with Gasteiger partial charge in [-0.05, 0) is 6.42 Å². The maximum absolute atomic E-state index is 8.27. The van der Waals surface area contributed by atoms with Crippen molar-refractivity contribution in [2.45, 2.75) is 12.8 Å². The molecule has 0 atom stereocenters. The number of rotatable bonds is 4. The van der Waals surface area contributed by atoms with Gasteiger partial charge in [0.2, 0.25) is 0 Å². The van der Waals surface area contributed by atoms with Gasteiger partial charge in [-0.2, -0.15) is 19.2 Å². The van der Waals surface area contributed by atoms with Gasteiger partial charge < -0.3 is 0 Å². The van der Waals surface area contributed by atoms with Crippen LogP contribution >= 0.6 is 8.17 Å². The van der Waals surface area contributed by atoms with E-state index in [0.717, 1.165) is 0 Å². The fraction of sp³-hybridized carbons (Fsp3) is 0.600. The minimum atomic E-state index is -4.02. The van der Waals surface area contributed by atoms with E-state index in [9.17, 15) is 0 Å². The predicted octanol–water partition coefficient (Wildman–Crippen LogP) is 0.0709. The quantitative estimate of drug-likeness (QED) is 0.313. The van der Waals surface area contributed by atoms with E-state index in [1.807, 2.05) is 0 Å². The molecule has 0 unspecified atom stereocenters. The lowest BCUT2D eigenvalue weighted by Crippen LogP contribution is -1.96. The third-order valence-corrected chi connectivity index (χ3v) is 1.26. The molecule has 0 rings (SSSR count). The number of unbranched alkanes of at least 4 members (excludes halogenated alkanes) is 1. The van der Waals surface area contributed by atoms with Gasteiger partial charge in [0.15, 0.2) is 0 Å². The first-order chi connectivity index (χ1) is 4.56. The Morgan fingerprint density at radius 3 is 2.40 bits per heavy atom. The smallest absolute Gasteiger partial charge is 0.168 e. The van der Waals surface area contributed by atoms with Crippen LogP contribution in [0.3, 0.4) is 0 Å². The molecule has 0 aliphatic rings. The van der Waals surface area contributed by atoms with Crippen molar-refractivity contribution in [3.63, 3.8) is 0 Å². The highest BCUT2D eigenvalue weighted by Gasteiger charge is 2.32. The predicted molar refractivity (Wildman–Crippen MR) is 37.6 cm³/mol. The molecule has 0 bridgehead atoms. The van der Waals surface area contributed by atoms with Crippen LogP contribution in [0.2, 0.25) is 0 Å². The van der Waals surface area contributed by atoms with Gasteiger partial charge in [0.25, 0.3) is 0 Å². The molecule has 0 heterocycles. The van der Waals surface area contributed by atoms with Gasteiger partial charge in [0, 0.05) is 6.42 Å². The van der Waals surface area contributed by atoms with Gasteiger partial charge >= 0.3 is 8.17 Å². The summed E-state index contributed by atoms with van der Waals surface area (Å²) in [4.78, 5) is 24.8. The lowest BCUT2D eigenvalue weighted by atomic mass is 10.3. The maximum Gasteiger partial charge on any atom is 0.567 e. The van der Waals surface area contributed by atoms with Crippen LogP contribution in [0.25, 0.3) is 0 Å². The molecule has 0 amide bonds. The van der Waals surface area contributed by atoms with E-state index in [2.05, 4.69) is 10.4 Å². The molecule has 0 fully saturated rings. The molecule has 0 aromatic carbocycles. The van der Waals surface area contributed by atoms with E-state index < -0.39 is 8.17 Å².